The average Bonchev–Trinajstić information content (AvgIpc) is 2.01. The molecule has 1 saturated heterocycles. The van der Waals surface area contributed by atoms with Crippen LogP contribution < -0.4 is 5.32 Å². The van der Waals surface area contributed by atoms with Crippen molar-refractivity contribution in [2.75, 3.05) is 13.1 Å². The maximum atomic E-state index is 12.2. The summed E-state index contributed by atoms with van der Waals surface area (Å²) in [6, 6.07) is 0. The van der Waals surface area contributed by atoms with E-state index in [1.165, 1.54) is 0 Å². The van der Waals surface area contributed by atoms with E-state index in [2.05, 4.69) is 5.32 Å². The third-order valence-corrected chi connectivity index (χ3v) is 3.41. The maximum Gasteiger partial charge on any atom is 0.241 e. The third-order valence-electron chi connectivity index (χ3n) is 3.41. The summed E-state index contributed by atoms with van der Waals surface area (Å²) in [5.41, 5.74) is 0.312. The molecule has 2 aliphatic rings. The van der Waals surface area contributed by atoms with Crippen LogP contribution in [0.1, 0.15) is 25.7 Å². The summed E-state index contributed by atoms with van der Waals surface area (Å²) in [4.78, 5) is 0. The van der Waals surface area contributed by atoms with Gasteiger partial charge in [-0.25, -0.2) is 8.78 Å². The molecule has 0 bridgehead atoms. The standard InChI is InChI=1S/C9H15F2N.ClH/c10-8(11)7-5-9(6-7)1-3-12-4-2-9;/h7-8,12H,1-6H2;1H. The second-order valence-electron chi connectivity index (χ2n) is 4.25. The fourth-order valence-electron chi connectivity index (χ4n) is 2.60. The molecule has 0 aromatic carbocycles. The Morgan fingerprint density at radius 1 is 1.15 bits per heavy atom. The van der Waals surface area contributed by atoms with Gasteiger partial charge >= 0.3 is 0 Å². The number of halogens is 3. The van der Waals surface area contributed by atoms with Gasteiger partial charge < -0.3 is 5.32 Å². The highest BCUT2D eigenvalue weighted by molar-refractivity contribution is 5.85. The first kappa shape index (κ1) is 11.2. The molecule has 1 spiro atoms. The fourth-order valence-corrected chi connectivity index (χ4v) is 2.60. The minimum Gasteiger partial charge on any atom is -0.317 e. The van der Waals surface area contributed by atoms with E-state index in [9.17, 15) is 8.78 Å². The first-order chi connectivity index (χ1) is 5.72. The zero-order chi connectivity index (χ0) is 8.60. The molecule has 1 aliphatic carbocycles. The van der Waals surface area contributed by atoms with Gasteiger partial charge in [-0.15, -0.1) is 12.4 Å². The summed E-state index contributed by atoms with van der Waals surface area (Å²) in [6.45, 7) is 2.05. The molecule has 0 unspecified atom stereocenters. The van der Waals surface area contributed by atoms with Crippen LogP contribution in [0, 0.1) is 11.3 Å². The SMILES string of the molecule is Cl.FC(F)C1CC2(CCNCC2)C1. The molecule has 0 amide bonds. The van der Waals surface area contributed by atoms with Crippen molar-refractivity contribution < 1.29 is 8.78 Å². The van der Waals surface area contributed by atoms with E-state index >= 15 is 0 Å². The first-order valence-electron chi connectivity index (χ1n) is 4.71. The normalized spacial score (nSPS) is 27.0. The van der Waals surface area contributed by atoms with Crippen LogP contribution in [0.2, 0.25) is 0 Å². The zero-order valence-electron chi connectivity index (χ0n) is 7.56. The van der Waals surface area contributed by atoms with Gasteiger partial charge in [0.1, 0.15) is 0 Å². The molecule has 1 N–H and O–H groups in total. The third kappa shape index (κ3) is 2.13. The molecular formula is C9H16ClF2N. The van der Waals surface area contributed by atoms with Gasteiger partial charge in [0, 0.05) is 5.92 Å². The summed E-state index contributed by atoms with van der Waals surface area (Å²) < 4.78 is 24.4. The Morgan fingerprint density at radius 3 is 2.15 bits per heavy atom. The van der Waals surface area contributed by atoms with Gasteiger partial charge in [0.05, 0.1) is 0 Å². The number of hydrogen-bond acceptors (Lipinski definition) is 1. The van der Waals surface area contributed by atoms with Gasteiger partial charge in [-0.1, -0.05) is 0 Å². The van der Waals surface area contributed by atoms with Crippen LogP contribution in [0.15, 0.2) is 0 Å². The van der Waals surface area contributed by atoms with E-state index in [-0.39, 0.29) is 18.3 Å². The topological polar surface area (TPSA) is 12.0 Å². The molecule has 1 nitrogen and oxygen atoms in total. The molecule has 0 aromatic rings. The molecule has 13 heavy (non-hydrogen) atoms. The van der Waals surface area contributed by atoms with Crippen molar-refractivity contribution in [1.82, 2.24) is 5.32 Å². The first-order valence-corrected chi connectivity index (χ1v) is 4.71. The van der Waals surface area contributed by atoms with Crippen LogP contribution in [0.4, 0.5) is 8.78 Å². The molecule has 2 fully saturated rings. The summed E-state index contributed by atoms with van der Waals surface area (Å²) >= 11 is 0. The van der Waals surface area contributed by atoms with Gasteiger partial charge in [0.15, 0.2) is 0 Å². The molecule has 1 aliphatic heterocycles. The lowest BCUT2D eigenvalue weighted by atomic mass is 9.58. The maximum absolute atomic E-state index is 12.2. The Balaban J connectivity index is 0.000000845. The molecule has 4 heteroatoms. The van der Waals surface area contributed by atoms with E-state index in [0.717, 1.165) is 38.8 Å². The lowest BCUT2D eigenvalue weighted by Gasteiger charge is -2.50. The van der Waals surface area contributed by atoms with Crippen molar-refractivity contribution in [3.8, 4) is 0 Å². The molecule has 1 heterocycles. The van der Waals surface area contributed by atoms with Crippen LogP contribution in [-0.4, -0.2) is 19.5 Å². The lowest BCUT2D eigenvalue weighted by Crippen LogP contribution is -2.47. The highest BCUT2D eigenvalue weighted by Gasteiger charge is 2.47. The molecule has 1 saturated carbocycles. The summed E-state index contributed by atoms with van der Waals surface area (Å²) in [7, 11) is 0. The monoisotopic (exact) mass is 211 g/mol. The minimum absolute atomic E-state index is 0. The number of piperidine rings is 1. The van der Waals surface area contributed by atoms with Gasteiger partial charge in [-0.05, 0) is 44.2 Å². The molecule has 0 atom stereocenters. The van der Waals surface area contributed by atoms with E-state index in [4.69, 9.17) is 0 Å². The molecular weight excluding hydrogens is 196 g/mol. The van der Waals surface area contributed by atoms with Crippen LogP contribution in [0.3, 0.4) is 0 Å². The van der Waals surface area contributed by atoms with Crippen molar-refractivity contribution in [3.63, 3.8) is 0 Å². The Labute approximate surface area is 83.7 Å². The van der Waals surface area contributed by atoms with E-state index < -0.39 is 6.43 Å². The smallest absolute Gasteiger partial charge is 0.241 e. The lowest BCUT2D eigenvalue weighted by molar-refractivity contribution is -0.0660. The second-order valence-corrected chi connectivity index (χ2v) is 4.25. The van der Waals surface area contributed by atoms with Gasteiger partial charge in [-0.3, -0.25) is 0 Å². The number of rotatable bonds is 1. The van der Waals surface area contributed by atoms with E-state index in [1.807, 2.05) is 0 Å². The van der Waals surface area contributed by atoms with E-state index in [1.54, 1.807) is 0 Å². The number of nitrogens with one attached hydrogen (secondary N) is 1. The highest BCUT2D eigenvalue weighted by Crippen LogP contribution is 2.53. The molecule has 78 valence electrons. The van der Waals surface area contributed by atoms with Crippen LogP contribution in [0.5, 0.6) is 0 Å². The zero-order valence-corrected chi connectivity index (χ0v) is 8.38. The summed E-state index contributed by atoms with van der Waals surface area (Å²) in [6.07, 6.45) is 1.68. The molecule has 2 rings (SSSR count). The van der Waals surface area contributed by atoms with Crippen molar-refractivity contribution >= 4 is 12.4 Å². The second kappa shape index (κ2) is 4.09. The molecule has 0 aromatic heterocycles. The highest BCUT2D eigenvalue weighted by atomic mass is 35.5. The van der Waals surface area contributed by atoms with Crippen molar-refractivity contribution in [2.45, 2.75) is 32.1 Å². The summed E-state index contributed by atoms with van der Waals surface area (Å²) in [5.74, 6) is -0.289. The minimum atomic E-state index is -2.08. The van der Waals surface area contributed by atoms with Crippen LogP contribution >= 0.6 is 12.4 Å². The van der Waals surface area contributed by atoms with Crippen molar-refractivity contribution in [3.05, 3.63) is 0 Å². The van der Waals surface area contributed by atoms with Gasteiger partial charge in [0.2, 0.25) is 6.43 Å². The average molecular weight is 212 g/mol. The predicted octanol–water partition coefficient (Wildman–Crippen LogP) is 2.45. The predicted molar refractivity (Wildman–Crippen MR) is 50.5 cm³/mol. The van der Waals surface area contributed by atoms with Crippen LogP contribution in [-0.2, 0) is 0 Å². The van der Waals surface area contributed by atoms with Crippen LogP contribution in [0.25, 0.3) is 0 Å². The molecule has 0 radical (unpaired) electrons. The van der Waals surface area contributed by atoms with Gasteiger partial charge in [0.25, 0.3) is 0 Å². The number of hydrogen-bond donors (Lipinski definition) is 1. The largest absolute Gasteiger partial charge is 0.317 e. The van der Waals surface area contributed by atoms with Gasteiger partial charge in [-0.2, -0.15) is 0 Å². The Morgan fingerprint density at radius 2 is 1.69 bits per heavy atom. The quantitative estimate of drug-likeness (QED) is 0.703. The summed E-state index contributed by atoms with van der Waals surface area (Å²) in [5, 5.41) is 3.26. The Hall–Kier alpha value is 0.110. The Bertz CT molecular complexity index is 161. The van der Waals surface area contributed by atoms with E-state index in [0.29, 0.717) is 5.41 Å². The Kier molecular flexibility index (Phi) is 3.52. The fraction of sp³-hybridized carbons (Fsp3) is 1.00. The van der Waals surface area contributed by atoms with Crippen molar-refractivity contribution in [1.29, 1.82) is 0 Å². The number of alkyl halides is 2. The van der Waals surface area contributed by atoms with Crippen molar-refractivity contribution in [2.24, 2.45) is 11.3 Å².